The molecule has 0 spiro atoms. The van der Waals surface area contributed by atoms with E-state index in [0.717, 1.165) is 6.42 Å². The van der Waals surface area contributed by atoms with Crippen LogP contribution >= 0.6 is 0 Å². The number of nitrogens with two attached hydrogens (primary N) is 1. The van der Waals surface area contributed by atoms with E-state index >= 15 is 0 Å². The van der Waals surface area contributed by atoms with Gasteiger partial charge in [-0.25, -0.2) is 8.42 Å². The number of carbonyl (C=O) groups is 1. The first-order valence-electron chi connectivity index (χ1n) is 5.92. The highest BCUT2D eigenvalue weighted by Crippen LogP contribution is 2.16. The molecule has 3 N–H and O–H groups in total. The SMILES string of the molecule is CCCNC(CS(=O)(=O)CC(N)=O)C(C)(C)OC. The third-order valence-electron chi connectivity index (χ3n) is 2.79. The molecule has 0 saturated heterocycles. The number of rotatable bonds is 9. The molecule has 0 rings (SSSR count). The van der Waals surface area contributed by atoms with Gasteiger partial charge in [-0.05, 0) is 26.8 Å². The summed E-state index contributed by atoms with van der Waals surface area (Å²) in [6, 6.07) is -0.383. The second-order valence-corrected chi connectivity index (χ2v) is 6.94. The molecule has 0 heterocycles. The van der Waals surface area contributed by atoms with Crippen molar-refractivity contribution in [1.29, 1.82) is 0 Å². The molecule has 0 bridgehead atoms. The highest BCUT2D eigenvalue weighted by molar-refractivity contribution is 7.92. The normalized spacial score (nSPS) is 14.4. The van der Waals surface area contributed by atoms with Crippen molar-refractivity contribution in [1.82, 2.24) is 5.32 Å². The van der Waals surface area contributed by atoms with Gasteiger partial charge in [-0.2, -0.15) is 0 Å². The molecule has 0 fully saturated rings. The fourth-order valence-electron chi connectivity index (χ4n) is 1.50. The highest BCUT2D eigenvalue weighted by atomic mass is 32.2. The van der Waals surface area contributed by atoms with E-state index in [-0.39, 0.29) is 11.8 Å². The minimum atomic E-state index is -3.52. The summed E-state index contributed by atoms with van der Waals surface area (Å²) in [6.07, 6.45) is 0.881. The van der Waals surface area contributed by atoms with Crippen LogP contribution in [0.1, 0.15) is 27.2 Å². The lowest BCUT2D eigenvalue weighted by Crippen LogP contribution is -2.52. The molecule has 18 heavy (non-hydrogen) atoms. The zero-order chi connectivity index (χ0) is 14.4. The summed E-state index contributed by atoms with van der Waals surface area (Å²) in [5.74, 6) is -1.63. The molecule has 0 aliphatic carbocycles. The van der Waals surface area contributed by atoms with Crippen LogP contribution in [-0.2, 0) is 19.4 Å². The van der Waals surface area contributed by atoms with E-state index in [2.05, 4.69) is 5.32 Å². The van der Waals surface area contributed by atoms with Crippen molar-refractivity contribution in [2.75, 3.05) is 25.2 Å². The van der Waals surface area contributed by atoms with E-state index in [4.69, 9.17) is 10.5 Å². The Morgan fingerprint density at radius 2 is 2.00 bits per heavy atom. The molecule has 0 aliphatic heterocycles. The minimum absolute atomic E-state index is 0.170. The average Bonchev–Trinajstić information content (AvgIpc) is 2.22. The van der Waals surface area contributed by atoms with Crippen LogP contribution in [0, 0.1) is 0 Å². The minimum Gasteiger partial charge on any atom is -0.377 e. The third kappa shape index (κ3) is 6.32. The molecular weight excluding hydrogens is 256 g/mol. The van der Waals surface area contributed by atoms with Gasteiger partial charge in [0, 0.05) is 13.2 Å². The van der Waals surface area contributed by atoms with Crippen molar-refractivity contribution < 1.29 is 17.9 Å². The van der Waals surface area contributed by atoms with Gasteiger partial charge in [-0.15, -0.1) is 0 Å². The van der Waals surface area contributed by atoms with Gasteiger partial charge in [0.25, 0.3) is 0 Å². The molecule has 1 amide bonds. The summed E-state index contributed by atoms with van der Waals surface area (Å²) in [7, 11) is -1.99. The maximum Gasteiger partial charge on any atom is 0.232 e. The lowest BCUT2D eigenvalue weighted by atomic mass is 10.0. The predicted molar refractivity (Wildman–Crippen MR) is 71.0 cm³/mol. The number of methoxy groups -OCH3 is 1. The highest BCUT2D eigenvalue weighted by Gasteiger charge is 2.33. The molecule has 0 radical (unpaired) electrons. The van der Waals surface area contributed by atoms with Gasteiger partial charge in [0.2, 0.25) is 5.91 Å². The zero-order valence-electron chi connectivity index (χ0n) is 11.5. The van der Waals surface area contributed by atoms with Gasteiger partial charge >= 0.3 is 0 Å². The predicted octanol–water partition coefficient (Wildman–Crippen LogP) is -0.320. The maximum atomic E-state index is 11.8. The number of sulfone groups is 1. The molecular formula is C11H24N2O4S. The summed E-state index contributed by atoms with van der Waals surface area (Å²) in [6.45, 7) is 6.28. The van der Waals surface area contributed by atoms with E-state index in [1.807, 2.05) is 6.92 Å². The molecule has 0 aliphatic rings. The molecule has 0 saturated carbocycles. The Balaban J connectivity index is 4.84. The number of amides is 1. The van der Waals surface area contributed by atoms with Crippen LogP contribution in [-0.4, -0.2) is 51.1 Å². The average molecular weight is 280 g/mol. The van der Waals surface area contributed by atoms with Gasteiger partial charge in [0.1, 0.15) is 5.75 Å². The van der Waals surface area contributed by atoms with Crippen LogP contribution in [0.25, 0.3) is 0 Å². The fraction of sp³-hybridized carbons (Fsp3) is 0.909. The van der Waals surface area contributed by atoms with E-state index in [9.17, 15) is 13.2 Å². The number of nitrogens with one attached hydrogen (secondary N) is 1. The van der Waals surface area contributed by atoms with Crippen molar-refractivity contribution >= 4 is 15.7 Å². The Bertz CT molecular complexity index is 365. The van der Waals surface area contributed by atoms with E-state index < -0.39 is 27.1 Å². The summed E-state index contributed by atoms with van der Waals surface area (Å²) >= 11 is 0. The topological polar surface area (TPSA) is 98.5 Å². The second kappa shape index (κ2) is 7.06. The second-order valence-electron chi connectivity index (χ2n) is 4.84. The first kappa shape index (κ1) is 17.3. The van der Waals surface area contributed by atoms with Crippen molar-refractivity contribution in [2.24, 2.45) is 5.73 Å². The first-order valence-corrected chi connectivity index (χ1v) is 7.74. The largest absolute Gasteiger partial charge is 0.377 e. The Kier molecular flexibility index (Phi) is 6.80. The Morgan fingerprint density at radius 3 is 2.39 bits per heavy atom. The van der Waals surface area contributed by atoms with Crippen LogP contribution in [0.4, 0.5) is 0 Å². The van der Waals surface area contributed by atoms with Crippen LogP contribution < -0.4 is 11.1 Å². The third-order valence-corrected chi connectivity index (χ3v) is 4.35. The Labute approximate surface area is 109 Å². The number of hydrogen-bond donors (Lipinski definition) is 2. The Morgan fingerprint density at radius 1 is 1.44 bits per heavy atom. The summed E-state index contributed by atoms with van der Waals surface area (Å²) in [5, 5.41) is 3.13. The van der Waals surface area contributed by atoms with Crippen LogP contribution in [0.2, 0.25) is 0 Å². The number of carbonyl (C=O) groups excluding carboxylic acids is 1. The van der Waals surface area contributed by atoms with Crippen LogP contribution in [0.3, 0.4) is 0 Å². The van der Waals surface area contributed by atoms with Crippen LogP contribution in [0.5, 0.6) is 0 Å². The monoisotopic (exact) mass is 280 g/mol. The summed E-state index contributed by atoms with van der Waals surface area (Å²) < 4.78 is 28.9. The lowest BCUT2D eigenvalue weighted by Gasteiger charge is -2.33. The maximum absolute atomic E-state index is 11.8. The number of primary amides is 1. The van der Waals surface area contributed by atoms with E-state index in [1.165, 1.54) is 7.11 Å². The van der Waals surface area contributed by atoms with Crippen molar-refractivity contribution in [2.45, 2.75) is 38.8 Å². The quantitative estimate of drug-likeness (QED) is 0.603. The van der Waals surface area contributed by atoms with E-state index in [0.29, 0.717) is 6.54 Å². The van der Waals surface area contributed by atoms with Gasteiger partial charge in [-0.3, -0.25) is 4.79 Å². The number of ether oxygens (including phenoxy) is 1. The van der Waals surface area contributed by atoms with Crippen LogP contribution in [0.15, 0.2) is 0 Å². The van der Waals surface area contributed by atoms with Crippen molar-refractivity contribution in [3.05, 3.63) is 0 Å². The Hall–Kier alpha value is -0.660. The zero-order valence-corrected chi connectivity index (χ0v) is 12.3. The summed E-state index contributed by atoms with van der Waals surface area (Å²) in [5.41, 5.74) is 4.29. The first-order chi connectivity index (χ1) is 8.14. The van der Waals surface area contributed by atoms with Crippen molar-refractivity contribution in [3.63, 3.8) is 0 Å². The molecule has 1 unspecified atom stereocenters. The standard InChI is InChI=1S/C11H24N2O4S/c1-5-6-13-9(11(2,3)17-4)7-18(15,16)8-10(12)14/h9,13H,5-8H2,1-4H3,(H2,12,14). The molecule has 0 aromatic rings. The van der Waals surface area contributed by atoms with E-state index in [1.54, 1.807) is 13.8 Å². The molecule has 6 nitrogen and oxygen atoms in total. The lowest BCUT2D eigenvalue weighted by molar-refractivity contribution is -0.115. The van der Waals surface area contributed by atoms with Gasteiger partial charge in [0.15, 0.2) is 9.84 Å². The molecule has 0 aromatic carbocycles. The van der Waals surface area contributed by atoms with Gasteiger partial charge < -0.3 is 15.8 Å². The fourth-order valence-corrected chi connectivity index (χ4v) is 3.07. The smallest absolute Gasteiger partial charge is 0.232 e. The molecule has 0 aromatic heterocycles. The molecule has 1 atom stereocenters. The van der Waals surface area contributed by atoms with Gasteiger partial charge in [0.05, 0.1) is 11.4 Å². The van der Waals surface area contributed by atoms with Crippen molar-refractivity contribution in [3.8, 4) is 0 Å². The number of hydrogen-bond acceptors (Lipinski definition) is 5. The summed E-state index contributed by atoms with van der Waals surface area (Å²) in [4.78, 5) is 10.7. The van der Waals surface area contributed by atoms with Gasteiger partial charge in [-0.1, -0.05) is 6.92 Å². The molecule has 7 heteroatoms. The molecule has 108 valence electrons.